The topological polar surface area (TPSA) is 87.7 Å². The number of carbonyl (C=O) groups excluding carboxylic acids is 1. The maximum absolute atomic E-state index is 12.4. The Morgan fingerprint density at radius 3 is 2.68 bits per heavy atom. The lowest BCUT2D eigenvalue weighted by Crippen LogP contribution is -2.54. The predicted molar refractivity (Wildman–Crippen MR) is 74.3 cm³/mol. The molecule has 1 aliphatic rings. The van der Waals surface area contributed by atoms with Gasteiger partial charge >= 0.3 is 0 Å². The smallest absolute Gasteiger partial charge is 0.238 e. The van der Waals surface area contributed by atoms with Gasteiger partial charge in [-0.1, -0.05) is 35.8 Å². The fourth-order valence-corrected chi connectivity index (χ4v) is 2.72. The normalized spacial score (nSPS) is 26.6. The number of nitrogens with one attached hydrogen (secondary N) is 1. The van der Waals surface area contributed by atoms with Gasteiger partial charge in [0.1, 0.15) is 5.41 Å². The molecule has 1 aliphatic carbocycles. The molecule has 0 bridgehead atoms. The van der Waals surface area contributed by atoms with E-state index < -0.39 is 5.41 Å². The Hall–Kier alpha value is -1.75. The number of amidine groups is 1. The molecule has 4 N–H and O–H groups in total. The maximum atomic E-state index is 12.4. The van der Waals surface area contributed by atoms with E-state index in [0.717, 1.165) is 0 Å². The number of carbonyl (C=O) groups is 1. The molecule has 1 aromatic rings. The Kier molecular flexibility index (Phi) is 3.66. The van der Waals surface area contributed by atoms with E-state index >= 15 is 0 Å². The Morgan fingerprint density at radius 1 is 1.53 bits per heavy atom. The summed E-state index contributed by atoms with van der Waals surface area (Å²) in [5.41, 5.74) is 5.28. The lowest BCUT2D eigenvalue weighted by Gasteiger charge is -2.43. The van der Waals surface area contributed by atoms with Gasteiger partial charge in [0.25, 0.3) is 0 Å². The van der Waals surface area contributed by atoms with E-state index in [-0.39, 0.29) is 11.7 Å². The summed E-state index contributed by atoms with van der Waals surface area (Å²) in [4.78, 5) is 12.4. The van der Waals surface area contributed by atoms with Crippen LogP contribution in [0.1, 0.15) is 19.8 Å². The molecule has 0 heterocycles. The number of nitrogens with zero attached hydrogens (tertiary/aromatic N) is 1. The van der Waals surface area contributed by atoms with Crippen LogP contribution in [0.3, 0.4) is 0 Å². The maximum Gasteiger partial charge on any atom is 0.238 e. The minimum Gasteiger partial charge on any atom is -0.409 e. The van der Waals surface area contributed by atoms with Crippen molar-refractivity contribution in [1.29, 1.82) is 0 Å². The molecule has 0 spiro atoms. The van der Waals surface area contributed by atoms with Gasteiger partial charge in [-0.25, -0.2) is 0 Å². The Labute approximate surface area is 116 Å². The third-order valence-corrected chi connectivity index (χ3v) is 3.88. The molecule has 1 saturated carbocycles. The molecule has 1 amide bonds. The van der Waals surface area contributed by atoms with Crippen LogP contribution in [0.5, 0.6) is 0 Å². The SMILES string of the molecule is CC1CC(C(=O)Nc2ccccc2Cl)(/C(N)=N/O)C1. The van der Waals surface area contributed by atoms with Crippen molar-refractivity contribution in [1.82, 2.24) is 0 Å². The van der Waals surface area contributed by atoms with Gasteiger partial charge in [-0.15, -0.1) is 0 Å². The number of oxime groups is 1. The summed E-state index contributed by atoms with van der Waals surface area (Å²) >= 11 is 6.00. The number of benzene rings is 1. The average molecular weight is 282 g/mol. The van der Waals surface area contributed by atoms with Crippen molar-refractivity contribution >= 4 is 29.0 Å². The number of anilines is 1. The van der Waals surface area contributed by atoms with Gasteiger partial charge in [-0.05, 0) is 30.9 Å². The standard InChI is InChI=1S/C13H16ClN3O2/c1-8-6-13(7-8,11(15)17-19)12(18)16-10-5-3-2-4-9(10)14/h2-5,8,19H,6-7H2,1H3,(H2,15,17)(H,16,18). The quantitative estimate of drug-likeness (QED) is 0.344. The molecule has 6 heteroatoms. The molecule has 1 fully saturated rings. The van der Waals surface area contributed by atoms with Crippen molar-refractivity contribution in [2.75, 3.05) is 5.32 Å². The van der Waals surface area contributed by atoms with Crippen molar-refractivity contribution in [3.05, 3.63) is 29.3 Å². The average Bonchev–Trinajstić information content (AvgIpc) is 2.36. The third-order valence-electron chi connectivity index (χ3n) is 3.55. The van der Waals surface area contributed by atoms with Gasteiger partial charge in [0.2, 0.25) is 5.91 Å². The van der Waals surface area contributed by atoms with Crippen molar-refractivity contribution in [3.63, 3.8) is 0 Å². The van der Waals surface area contributed by atoms with E-state index in [9.17, 15) is 4.79 Å². The summed E-state index contributed by atoms with van der Waals surface area (Å²) in [7, 11) is 0. The van der Waals surface area contributed by atoms with Gasteiger partial charge in [-0.3, -0.25) is 4.79 Å². The first-order valence-electron chi connectivity index (χ1n) is 6.03. The zero-order valence-electron chi connectivity index (χ0n) is 10.6. The van der Waals surface area contributed by atoms with Crippen LogP contribution < -0.4 is 11.1 Å². The van der Waals surface area contributed by atoms with Crippen LogP contribution in [0.15, 0.2) is 29.4 Å². The Bertz CT molecular complexity index is 524. The van der Waals surface area contributed by atoms with Crippen LogP contribution in [0, 0.1) is 11.3 Å². The van der Waals surface area contributed by atoms with Crippen LogP contribution in [0.2, 0.25) is 5.02 Å². The first kappa shape index (κ1) is 13.7. The number of amides is 1. The highest BCUT2D eigenvalue weighted by molar-refractivity contribution is 6.34. The molecule has 1 aromatic carbocycles. The second-order valence-electron chi connectivity index (χ2n) is 5.01. The van der Waals surface area contributed by atoms with Gasteiger partial charge in [-0.2, -0.15) is 0 Å². The van der Waals surface area contributed by atoms with Crippen LogP contribution in [-0.4, -0.2) is 17.0 Å². The van der Waals surface area contributed by atoms with Crippen molar-refractivity contribution in [3.8, 4) is 0 Å². The molecular formula is C13H16ClN3O2. The summed E-state index contributed by atoms with van der Waals surface area (Å²) in [6.07, 6.45) is 1.14. The highest BCUT2D eigenvalue weighted by atomic mass is 35.5. The van der Waals surface area contributed by atoms with Crippen molar-refractivity contribution < 1.29 is 10.0 Å². The number of para-hydroxylation sites is 1. The predicted octanol–water partition coefficient (Wildman–Crippen LogP) is 2.44. The van der Waals surface area contributed by atoms with E-state index in [1.165, 1.54) is 0 Å². The number of hydrogen-bond donors (Lipinski definition) is 3. The molecule has 0 unspecified atom stereocenters. The van der Waals surface area contributed by atoms with Crippen molar-refractivity contribution in [2.45, 2.75) is 19.8 Å². The van der Waals surface area contributed by atoms with Crippen LogP contribution in [0.25, 0.3) is 0 Å². The third kappa shape index (κ3) is 2.38. The molecule has 5 nitrogen and oxygen atoms in total. The van der Waals surface area contributed by atoms with Gasteiger partial charge in [0.05, 0.1) is 10.7 Å². The first-order valence-corrected chi connectivity index (χ1v) is 6.41. The number of rotatable bonds is 3. The molecule has 19 heavy (non-hydrogen) atoms. The van der Waals surface area contributed by atoms with E-state index in [2.05, 4.69) is 10.5 Å². The monoisotopic (exact) mass is 281 g/mol. The molecule has 0 radical (unpaired) electrons. The second kappa shape index (κ2) is 5.09. The Balaban J connectivity index is 2.21. The lowest BCUT2D eigenvalue weighted by atomic mass is 9.61. The Morgan fingerprint density at radius 2 is 2.16 bits per heavy atom. The van der Waals surface area contributed by atoms with Gasteiger partial charge in [0.15, 0.2) is 5.84 Å². The van der Waals surface area contributed by atoms with E-state index in [0.29, 0.717) is 29.5 Å². The first-order chi connectivity index (χ1) is 8.99. The highest BCUT2D eigenvalue weighted by Gasteiger charge is 2.52. The van der Waals surface area contributed by atoms with Crippen LogP contribution in [0.4, 0.5) is 5.69 Å². The second-order valence-corrected chi connectivity index (χ2v) is 5.42. The summed E-state index contributed by atoms with van der Waals surface area (Å²) in [5, 5.41) is 15.1. The van der Waals surface area contributed by atoms with Crippen LogP contribution in [-0.2, 0) is 4.79 Å². The van der Waals surface area contributed by atoms with Gasteiger partial charge in [0, 0.05) is 0 Å². The van der Waals surface area contributed by atoms with Crippen molar-refractivity contribution in [2.24, 2.45) is 22.2 Å². The number of nitrogens with two attached hydrogens (primary N) is 1. The largest absolute Gasteiger partial charge is 0.409 e. The fourth-order valence-electron chi connectivity index (χ4n) is 2.54. The molecule has 0 aliphatic heterocycles. The van der Waals surface area contributed by atoms with Gasteiger partial charge < -0.3 is 16.3 Å². The minimum atomic E-state index is -0.923. The molecule has 2 rings (SSSR count). The molecule has 0 atom stereocenters. The fraction of sp³-hybridized carbons (Fsp3) is 0.385. The lowest BCUT2D eigenvalue weighted by molar-refractivity contribution is -0.127. The number of hydrogen-bond acceptors (Lipinski definition) is 3. The molecule has 0 aromatic heterocycles. The molecule has 0 saturated heterocycles. The van der Waals surface area contributed by atoms with E-state index in [4.69, 9.17) is 22.5 Å². The summed E-state index contributed by atoms with van der Waals surface area (Å²) < 4.78 is 0. The number of halogens is 1. The minimum absolute atomic E-state index is 0.0462. The van der Waals surface area contributed by atoms with E-state index in [1.54, 1.807) is 24.3 Å². The summed E-state index contributed by atoms with van der Waals surface area (Å²) in [6.45, 7) is 2.02. The summed E-state index contributed by atoms with van der Waals surface area (Å²) in [6, 6.07) is 6.96. The molecular weight excluding hydrogens is 266 g/mol. The zero-order valence-corrected chi connectivity index (χ0v) is 11.3. The van der Waals surface area contributed by atoms with E-state index in [1.807, 2.05) is 6.92 Å². The zero-order chi connectivity index (χ0) is 14.0. The molecule has 102 valence electrons. The van der Waals surface area contributed by atoms with Crippen LogP contribution >= 0.6 is 11.6 Å². The highest BCUT2D eigenvalue weighted by Crippen LogP contribution is 2.46. The summed E-state index contributed by atoms with van der Waals surface area (Å²) in [5.74, 6) is 0.0430.